The van der Waals surface area contributed by atoms with Gasteiger partial charge in [-0.3, -0.25) is 0 Å². The Labute approximate surface area is 178 Å². The van der Waals surface area contributed by atoms with Crippen molar-refractivity contribution in [2.24, 2.45) is 0 Å². The predicted octanol–water partition coefficient (Wildman–Crippen LogP) is 3.65. The van der Waals surface area contributed by atoms with Crippen LogP contribution in [0.5, 0.6) is 5.75 Å². The summed E-state index contributed by atoms with van der Waals surface area (Å²) in [4.78, 5) is 9.10. The fourth-order valence-corrected chi connectivity index (χ4v) is 3.68. The maximum atomic E-state index is 6.40. The Hall–Kier alpha value is -2.96. The van der Waals surface area contributed by atoms with Crippen LogP contribution < -0.4 is 20.7 Å². The molecule has 2 heterocycles. The second-order valence-corrected chi connectivity index (χ2v) is 7.54. The molecule has 1 aliphatic rings. The normalized spacial score (nSPS) is 16.9. The molecule has 2 atom stereocenters. The molecule has 3 N–H and O–H groups in total. The third-order valence-corrected chi connectivity index (χ3v) is 5.29. The van der Waals surface area contributed by atoms with Gasteiger partial charge in [-0.2, -0.15) is 0 Å². The Bertz CT molecular complexity index is 928. The van der Waals surface area contributed by atoms with E-state index in [1.54, 1.807) is 6.20 Å². The number of hydrogen-bond acceptors (Lipinski definition) is 6. The van der Waals surface area contributed by atoms with Gasteiger partial charge in [0, 0.05) is 30.8 Å². The lowest BCUT2D eigenvalue weighted by Gasteiger charge is -2.20. The number of hydrogen-bond donors (Lipinski definition) is 3. The quantitative estimate of drug-likeness (QED) is 0.507. The first-order valence-corrected chi connectivity index (χ1v) is 10.6. The highest BCUT2D eigenvalue weighted by Gasteiger charge is 2.16. The lowest BCUT2D eigenvalue weighted by Crippen LogP contribution is -2.23. The van der Waals surface area contributed by atoms with Crippen LogP contribution in [0.2, 0.25) is 0 Å². The van der Waals surface area contributed by atoms with E-state index >= 15 is 0 Å². The summed E-state index contributed by atoms with van der Waals surface area (Å²) in [5.74, 6) is 1.51. The van der Waals surface area contributed by atoms with Crippen molar-refractivity contribution >= 4 is 5.95 Å². The van der Waals surface area contributed by atoms with Gasteiger partial charge in [-0.1, -0.05) is 42.5 Å². The first-order valence-electron chi connectivity index (χ1n) is 10.6. The van der Waals surface area contributed by atoms with Crippen LogP contribution in [-0.2, 0) is 0 Å². The molecule has 6 nitrogen and oxygen atoms in total. The summed E-state index contributed by atoms with van der Waals surface area (Å²) < 4.78 is 6.40. The number of aromatic nitrogens is 2. The van der Waals surface area contributed by atoms with E-state index in [1.807, 2.05) is 31.3 Å². The van der Waals surface area contributed by atoms with E-state index in [0.717, 1.165) is 49.5 Å². The highest BCUT2D eigenvalue weighted by atomic mass is 16.5. The Balaban J connectivity index is 1.51. The van der Waals surface area contributed by atoms with Gasteiger partial charge < -0.3 is 20.7 Å². The fourth-order valence-electron chi connectivity index (χ4n) is 3.68. The summed E-state index contributed by atoms with van der Waals surface area (Å²) in [5.41, 5.74) is 3.08. The molecule has 0 aliphatic carbocycles. The van der Waals surface area contributed by atoms with Crippen LogP contribution >= 0.6 is 0 Å². The van der Waals surface area contributed by atoms with E-state index in [4.69, 9.17) is 9.72 Å². The maximum Gasteiger partial charge on any atom is 0.223 e. The number of nitrogens with one attached hydrogen (secondary N) is 3. The maximum absolute atomic E-state index is 6.40. The second kappa shape index (κ2) is 10.2. The lowest BCUT2D eigenvalue weighted by atomic mass is 10.1. The van der Waals surface area contributed by atoms with Crippen molar-refractivity contribution in [1.29, 1.82) is 0 Å². The number of anilines is 1. The third-order valence-electron chi connectivity index (χ3n) is 5.29. The van der Waals surface area contributed by atoms with Crippen molar-refractivity contribution in [2.75, 3.05) is 32.0 Å². The van der Waals surface area contributed by atoms with Crippen molar-refractivity contribution in [3.63, 3.8) is 0 Å². The van der Waals surface area contributed by atoms with Gasteiger partial charge >= 0.3 is 0 Å². The summed E-state index contributed by atoms with van der Waals surface area (Å²) in [6.07, 6.45) is 3.78. The Kier molecular flexibility index (Phi) is 6.90. The van der Waals surface area contributed by atoms with Gasteiger partial charge in [-0.25, -0.2) is 9.97 Å². The average Bonchev–Trinajstić information content (AvgIpc) is 3.31. The zero-order chi connectivity index (χ0) is 20.6. The molecule has 30 heavy (non-hydrogen) atoms. The van der Waals surface area contributed by atoms with Gasteiger partial charge in [0.05, 0.1) is 5.69 Å². The van der Waals surface area contributed by atoms with Gasteiger partial charge in [-0.15, -0.1) is 0 Å². The molecule has 1 aromatic heterocycles. The minimum atomic E-state index is -0.00797. The number of ether oxygens (including phenoxy) is 1. The van der Waals surface area contributed by atoms with E-state index in [9.17, 15) is 0 Å². The Morgan fingerprint density at radius 3 is 2.83 bits per heavy atom. The largest absolute Gasteiger partial charge is 0.486 e. The number of rotatable bonds is 9. The topological polar surface area (TPSA) is 71.1 Å². The van der Waals surface area contributed by atoms with Gasteiger partial charge in [0.2, 0.25) is 5.95 Å². The minimum absolute atomic E-state index is 0.00797. The monoisotopic (exact) mass is 403 g/mol. The molecule has 156 valence electrons. The lowest BCUT2D eigenvalue weighted by molar-refractivity contribution is 0.195. The fraction of sp³-hybridized carbons (Fsp3) is 0.333. The second-order valence-electron chi connectivity index (χ2n) is 7.54. The van der Waals surface area contributed by atoms with E-state index in [-0.39, 0.29) is 6.10 Å². The van der Waals surface area contributed by atoms with Gasteiger partial charge in [0.1, 0.15) is 11.9 Å². The Morgan fingerprint density at radius 1 is 1.13 bits per heavy atom. The molecule has 0 unspecified atom stereocenters. The van der Waals surface area contributed by atoms with Crippen molar-refractivity contribution < 1.29 is 4.74 Å². The van der Waals surface area contributed by atoms with Crippen LogP contribution in [0.1, 0.15) is 24.5 Å². The first kappa shape index (κ1) is 20.3. The molecule has 3 aromatic rings. The summed E-state index contributed by atoms with van der Waals surface area (Å²) >= 11 is 0. The SMILES string of the molecule is CNCC[C@H](Oc1cccc(-c2ccnc(N[C@@H]3CCNC3)n2)c1)c1ccccc1. The van der Waals surface area contributed by atoms with E-state index in [1.165, 1.54) is 5.56 Å². The zero-order valence-corrected chi connectivity index (χ0v) is 17.3. The predicted molar refractivity (Wildman–Crippen MR) is 121 cm³/mol. The first-order chi connectivity index (χ1) is 14.8. The summed E-state index contributed by atoms with van der Waals surface area (Å²) in [7, 11) is 1.96. The summed E-state index contributed by atoms with van der Waals surface area (Å²) in [5, 5.41) is 9.99. The van der Waals surface area contributed by atoms with E-state index in [0.29, 0.717) is 12.0 Å². The number of benzene rings is 2. The van der Waals surface area contributed by atoms with Crippen molar-refractivity contribution in [2.45, 2.75) is 25.0 Å². The molecule has 0 spiro atoms. The van der Waals surface area contributed by atoms with Crippen LogP contribution in [0.25, 0.3) is 11.3 Å². The highest BCUT2D eigenvalue weighted by Crippen LogP contribution is 2.28. The molecule has 0 bridgehead atoms. The summed E-state index contributed by atoms with van der Waals surface area (Å²) in [6.45, 7) is 2.87. The average molecular weight is 404 g/mol. The minimum Gasteiger partial charge on any atom is -0.486 e. The van der Waals surface area contributed by atoms with E-state index in [2.05, 4.69) is 57.3 Å². The van der Waals surface area contributed by atoms with Crippen LogP contribution in [0, 0.1) is 0 Å². The molecule has 6 heteroatoms. The smallest absolute Gasteiger partial charge is 0.223 e. The molecule has 4 rings (SSSR count). The summed E-state index contributed by atoms with van der Waals surface area (Å²) in [6, 6.07) is 20.8. The van der Waals surface area contributed by atoms with Gasteiger partial charge in [-0.05, 0) is 50.3 Å². The molecule has 1 aliphatic heterocycles. The highest BCUT2D eigenvalue weighted by molar-refractivity contribution is 5.62. The van der Waals surface area contributed by atoms with Crippen LogP contribution in [-0.4, -0.2) is 42.7 Å². The van der Waals surface area contributed by atoms with Gasteiger partial charge in [0.25, 0.3) is 0 Å². The molecule has 1 saturated heterocycles. The van der Waals surface area contributed by atoms with Crippen molar-refractivity contribution in [3.8, 4) is 17.0 Å². The van der Waals surface area contributed by atoms with Crippen molar-refractivity contribution in [3.05, 3.63) is 72.4 Å². The van der Waals surface area contributed by atoms with Gasteiger partial charge in [0.15, 0.2) is 0 Å². The molecule has 0 saturated carbocycles. The van der Waals surface area contributed by atoms with E-state index < -0.39 is 0 Å². The molecule has 2 aromatic carbocycles. The Morgan fingerprint density at radius 2 is 2.03 bits per heavy atom. The van der Waals surface area contributed by atoms with Crippen LogP contribution in [0.3, 0.4) is 0 Å². The zero-order valence-electron chi connectivity index (χ0n) is 17.3. The molecule has 0 radical (unpaired) electrons. The van der Waals surface area contributed by atoms with Crippen molar-refractivity contribution in [1.82, 2.24) is 20.6 Å². The third kappa shape index (κ3) is 5.34. The molecular formula is C24H29N5O. The molecule has 0 amide bonds. The van der Waals surface area contributed by atoms with Crippen LogP contribution in [0.15, 0.2) is 66.9 Å². The molecular weight excluding hydrogens is 374 g/mol. The molecule has 1 fully saturated rings. The van der Waals surface area contributed by atoms with Crippen LogP contribution in [0.4, 0.5) is 5.95 Å². The number of nitrogens with zero attached hydrogens (tertiary/aromatic N) is 2. The standard InChI is InChI=1S/C24H29N5O/c1-25-13-12-23(18-6-3-2-4-7-18)30-21-9-5-8-19(16-21)22-11-15-27-24(29-22)28-20-10-14-26-17-20/h2-9,11,15-16,20,23,25-26H,10,12-14,17H2,1H3,(H,27,28,29)/t20-,23+/m1/s1.